The van der Waals surface area contributed by atoms with Gasteiger partial charge in [-0.15, -0.1) is 37.2 Å². The largest absolute Gasteiger partial charge is 0.214 e. The monoisotopic (exact) mass is 302 g/mol. The molecule has 71 valence electrons. The van der Waals surface area contributed by atoms with Gasteiger partial charge >= 0.3 is 35.6 Å². The van der Waals surface area contributed by atoms with Gasteiger partial charge in [-0.05, 0) is 0 Å². The fraction of sp³-hybridized carbons (Fsp3) is 0. The third-order valence-electron chi connectivity index (χ3n) is 0.556. The van der Waals surface area contributed by atoms with E-state index in [-0.39, 0.29) is 45.6 Å². The minimum Gasteiger partial charge on any atom is -0.214 e. The molecule has 0 fully saturated rings. The second-order valence-corrected chi connectivity index (χ2v) is 3.61. The SMILES string of the molecule is Cl.Cl.Cl.[B].[Cl][Ti][Cl].c1cc[cH-]c1. The van der Waals surface area contributed by atoms with Crippen LogP contribution in [0.25, 0.3) is 0 Å². The molecule has 7 heteroatoms. The van der Waals surface area contributed by atoms with E-state index in [1.54, 1.807) is 0 Å². The Morgan fingerprint density at radius 1 is 0.917 bits per heavy atom. The summed E-state index contributed by atoms with van der Waals surface area (Å²) in [5.74, 6) is 0. The molecule has 0 N–H and O–H groups in total. The average molecular weight is 304 g/mol. The normalized spacial score (nSPS) is 4.50. The maximum atomic E-state index is 4.89. The molecule has 0 aliphatic carbocycles. The van der Waals surface area contributed by atoms with Gasteiger partial charge in [0.25, 0.3) is 0 Å². The molecule has 0 atom stereocenters. The van der Waals surface area contributed by atoms with Crippen molar-refractivity contribution < 1.29 is 17.0 Å². The van der Waals surface area contributed by atoms with E-state index in [4.69, 9.17) is 18.6 Å². The molecule has 0 aromatic heterocycles. The summed E-state index contributed by atoms with van der Waals surface area (Å²) in [6.07, 6.45) is 0. The Morgan fingerprint density at radius 2 is 1.17 bits per heavy atom. The van der Waals surface area contributed by atoms with Crippen molar-refractivity contribution in [3.63, 3.8) is 0 Å². The zero-order valence-electron chi connectivity index (χ0n) is 5.94. The van der Waals surface area contributed by atoms with Gasteiger partial charge in [-0.1, -0.05) is 0 Å². The fourth-order valence-corrected chi connectivity index (χ4v) is 0.321. The van der Waals surface area contributed by atoms with Crippen molar-refractivity contribution in [2.24, 2.45) is 0 Å². The standard InChI is InChI=1S/C5H5.B.5ClH.Ti/c1-2-4-5-3-1;;;;;;;/h1-5H;;5*1H;/q-1;;;;;;;+2/p-2. The molecule has 0 amide bonds. The predicted octanol–water partition coefficient (Wildman–Crippen LogP) is 3.67. The van der Waals surface area contributed by atoms with Gasteiger partial charge in [0.2, 0.25) is 0 Å². The van der Waals surface area contributed by atoms with Gasteiger partial charge in [0.05, 0.1) is 0 Å². The maximum Gasteiger partial charge on any atom is -0.172 e. The molecular formula is C5H8BCl5Ti-. The summed E-state index contributed by atoms with van der Waals surface area (Å²) < 4.78 is 0. The van der Waals surface area contributed by atoms with Crippen LogP contribution in [0.15, 0.2) is 30.3 Å². The van der Waals surface area contributed by atoms with E-state index in [1.165, 1.54) is 0 Å². The Balaban J connectivity index is -0.0000000219. The molecule has 1 rings (SSSR count). The quantitative estimate of drug-likeness (QED) is 0.507. The van der Waals surface area contributed by atoms with E-state index in [2.05, 4.69) is 0 Å². The first-order chi connectivity index (χ1) is 3.91. The Bertz CT molecular complexity index is 86.7. The zero-order chi connectivity index (χ0) is 6.24. The Labute approximate surface area is 111 Å². The van der Waals surface area contributed by atoms with Crippen LogP contribution in [-0.4, -0.2) is 8.41 Å². The van der Waals surface area contributed by atoms with E-state index >= 15 is 0 Å². The third kappa shape index (κ3) is 29.9. The first-order valence-corrected chi connectivity index (χ1v) is 6.34. The van der Waals surface area contributed by atoms with Crippen LogP contribution in [0.4, 0.5) is 0 Å². The van der Waals surface area contributed by atoms with Crippen molar-refractivity contribution in [1.29, 1.82) is 0 Å². The molecule has 0 aliphatic heterocycles. The molecular weight excluding hydrogens is 296 g/mol. The molecule has 3 radical (unpaired) electrons. The molecule has 1 aromatic rings. The summed E-state index contributed by atoms with van der Waals surface area (Å²) in [7, 11) is 9.78. The van der Waals surface area contributed by atoms with E-state index in [0.717, 1.165) is 0 Å². The Morgan fingerprint density at radius 3 is 1.25 bits per heavy atom. The van der Waals surface area contributed by atoms with Crippen molar-refractivity contribution in [2.75, 3.05) is 0 Å². The zero-order valence-corrected chi connectivity index (χ0v) is 11.5. The molecule has 1 aromatic carbocycles. The first kappa shape index (κ1) is 29.2. The fourth-order valence-electron chi connectivity index (χ4n) is 0.321. The Hall–Kier alpha value is 1.58. The predicted molar refractivity (Wildman–Crippen MR) is 61.2 cm³/mol. The molecule has 0 heterocycles. The van der Waals surface area contributed by atoms with E-state index in [0.29, 0.717) is 0 Å². The van der Waals surface area contributed by atoms with Gasteiger partial charge in [-0.2, -0.15) is 18.2 Å². The van der Waals surface area contributed by atoms with Crippen molar-refractivity contribution in [1.82, 2.24) is 0 Å². The van der Waals surface area contributed by atoms with E-state index in [1.807, 2.05) is 30.3 Å². The number of hydrogen-bond donors (Lipinski definition) is 0. The van der Waals surface area contributed by atoms with Gasteiger partial charge in [0.15, 0.2) is 0 Å². The number of rotatable bonds is 0. The average Bonchev–Trinajstić information content (AvgIpc) is 2.17. The molecule has 12 heavy (non-hydrogen) atoms. The van der Waals surface area contributed by atoms with Crippen LogP contribution in [0.5, 0.6) is 0 Å². The summed E-state index contributed by atoms with van der Waals surface area (Å²) in [6.45, 7) is 0. The van der Waals surface area contributed by atoms with Gasteiger partial charge in [-0.25, -0.2) is 12.1 Å². The topological polar surface area (TPSA) is 0 Å². The first-order valence-electron chi connectivity index (χ1n) is 2.04. The van der Waals surface area contributed by atoms with E-state index < -0.39 is 17.0 Å². The van der Waals surface area contributed by atoms with Crippen LogP contribution in [0.1, 0.15) is 0 Å². The van der Waals surface area contributed by atoms with Crippen molar-refractivity contribution in [3.8, 4) is 0 Å². The van der Waals surface area contributed by atoms with Crippen LogP contribution < -0.4 is 0 Å². The van der Waals surface area contributed by atoms with Gasteiger partial charge in [-0.3, -0.25) is 0 Å². The van der Waals surface area contributed by atoms with Crippen LogP contribution in [0.2, 0.25) is 0 Å². The Kier molecular flexibility index (Phi) is 71.4. The summed E-state index contributed by atoms with van der Waals surface area (Å²) in [4.78, 5) is 0. The smallest absolute Gasteiger partial charge is 0.172 e. The van der Waals surface area contributed by atoms with Crippen molar-refractivity contribution in [2.45, 2.75) is 0 Å². The van der Waals surface area contributed by atoms with Crippen molar-refractivity contribution in [3.05, 3.63) is 30.3 Å². The van der Waals surface area contributed by atoms with Gasteiger partial charge < -0.3 is 0 Å². The molecule has 0 saturated carbocycles. The third-order valence-corrected chi connectivity index (χ3v) is 0.556. The molecule has 0 saturated heterocycles. The van der Waals surface area contributed by atoms with E-state index in [9.17, 15) is 0 Å². The second-order valence-electron chi connectivity index (χ2n) is 1.03. The number of halogens is 5. The van der Waals surface area contributed by atoms with Gasteiger partial charge in [0, 0.05) is 8.41 Å². The minimum absolute atomic E-state index is 0. The molecule has 0 unspecified atom stereocenters. The van der Waals surface area contributed by atoms with Crippen LogP contribution in [0.3, 0.4) is 0 Å². The molecule has 0 aliphatic rings. The molecule has 0 bridgehead atoms. The summed E-state index contributed by atoms with van der Waals surface area (Å²) >= 11 is -0.556. The van der Waals surface area contributed by atoms with Crippen LogP contribution in [-0.2, 0) is 17.0 Å². The van der Waals surface area contributed by atoms with Crippen LogP contribution >= 0.6 is 55.8 Å². The van der Waals surface area contributed by atoms with Crippen molar-refractivity contribution >= 4 is 64.2 Å². The van der Waals surface area contributed by atoms with Gasteiger partial charge in [0.1, 0.15) is 0 Å². The molecule has 0 nitrogen and oxygen atoms in total. The summed E-state index contributed by atoms with van der Waals surface area (Å²) in [5, 5.41) is 0. The summed E-state index contributed by atoms with van der Waals surface area (Å²) in [5.41, 5.74) is 0. The summed E-state index contributed by atoms with van der Waals surface area (Å²) in [6, 6.07) is 10.0. The minimum atomic E-state index is -0.556. The maximum absolute atomic E-state index is 4.89. The number of hydrogen-bond acceptors (Lipinski definition) is 0. The van der Waals surface area contributed by atoms with Crippen LogP contribution in [0, 0.1) is 0 Å². The molecule has 0 spiro atoms. The second kappa shape index (κ2) is 29.4.